The second kappa shape index (κ2) is 6.43. The molecule has 0 unspecified atom stereocenters. The van der Waals surface area contributed by atoms with E-state index in [9.17, 15) is 4.79 Å². The number of amides is 2. The third-order valence-electron chi connectivity index (χ3n) is 4.87. The maximum atomic E-state index is 12.6. The number of likely N-dealkylation sites (tertiary alicyclic amines) is 1. The van der Waals surface area contributed by atoms with Crippen LogP contribution in [0.1, 0.15) is 36.8 Å². The van der Waals surface area contributed by atoms with E-state index in [1.54, 1.807) is 12.7 Å². The molecule has 24 heavy (non-hydrogen) atoms. The number of piperidine rings is 1. The molecule has 1 aliphatic carbocycles. The zero-order valence-corrected chi connectivity index (χ0v) is 14.1. The third-order valence-corrected chi connectivity index (χ3v) is 5.11. The molecule has 1 saturated heterocycles. The van der Waals surface area contributed by atoms with Crippen molar-refractivity contribution in [1.82, 2.24) is 25.0 Å². The van der Waals surface area contributed by atoms with Gasteiger partial charge < -0.3 is 10.2 Å². The molecular formula is C17H20ClN5O. The van der Waals surface area contributed by atoms with Crippen LogP contribution in [0.15, 0.2) is 36.9 Å². The molecule has 1 aliphatic heterocycles. The van der Waals surface area contributed by atoms with E-state index in [2.05, 4.69) is 21.5 Å². The van der Waals surface area contributed by atoms with Gasteiger partial charge in [-0.15, -0.1) is 0 Å². The van der Waals surface area contributed by atoms with Crippen LogP contribution in [-0.2, 0) is 0 Å². The van der Waals surface area contributed by atoms with Crippen molar-refractivity contribution in [2.45, 2.75) is 37.3 Å². The number of nitrogens with one attached hydrogen (secondary N) is 1. The van der Waals surface area contributed by atoms with Crippen molar-refractivity contribution in [3.05, 3.63) is 47.5 Å². The van der Waals surface area contributed by atoms with Crippen molar-refractivity contribution in [1.29, 1.82) is 0 Å². The minimum atomic E-state index is 0.0225. The van der Waals surface area contributed by atoms with Crippen LogP contribution in [-0.4, -0.2) is 44.8 Å². The summed E-state index contributed by atoms with van der Waals surface area (Å²) in [6, 6.07) is 8.35. The molecule has 1 N–H and O–H groups in total. The van der Waals surface area contributed by atoms with E-state index in [-0.39, 0.29) is 18.1 Å². The Bertz CT molecular complexity index is 720. The zero-order chi connectivity index (χ0) is 16.5. The molecule has 1 aromatic carbocycles. The number of benzene rings is 1. The van der Waals surface area contributed by atoms with Gasteiger partial charge >= 0.3 is 6.03 Å². The first-order valence-electron chi connectivity index (χ1n) is 8.36. The van der Waals surface area contributed by atoms with Crippen LogP contribution in [0.3, 0.4) is 0 Å². The molecule has 1 saturated carbocycles. The number of aromatic nitrogens is 3. The topological polar surface area (TPSA) is 63.1 Å². The van der Waals surface area contributed by atoms with Gasteiger partial charge in [-0.05, 0) is 37.0 Å². The number of nitrogens with zero attached hydrogens (tertiary/aromatic N) is 4. The first kappa shape index (κ1) is 15.4. The summed E-state index contributed by atoms with van der Waals surface area (Å²) in [5.41, 5.74) is 1.20. The monoisotopic (exact) mass is 345 g/mol. The van der Waals surface area contributed by atoms with Crippen molar-refractivity contribution in [2.24, 2.45) is 0 Å². The normalized spacial score (nSPS) is 26.2. The van der Waals surface area contributed by atoms with E-state index >= 15 is 0 Å². The molecule has 0 radical (unpaired) electrons. The molecular weight excluding hydrogens is 326 g/mol. The molecule has 4 rings (SSSR count). The van der Waals surface area contributed by atoms with Gasteiger partial charge in [0.25, 0.3) is 0 Å². The Morgan fingerprint density at radius 1 is 1.38 bits per heavy atom. The summed E-state index contributed by atoms with van der Waals surface area (Å²) in [4.78, 5) is 18.4. The molecule has 3 atom stereocenters. The standard InChI is InChI=1S/C17H20ClN5O/c18-13-4-1-3-12(7-13)15-8-16(15)21-17(24)22-6-2-5-14(9-22)23-11-19-10-20-23/h1,3-4,7,10-11,14-16H,2,5-6,8-9H2,(H,21,24)/t14-,15-,16+/m0/s1. The van der Waals surface area contributed by atoms with Gasteiger partial charge in [0.2, 0.25) is 0 Å². The molecule has 2 aromatic rings. The first-order chi connectivity index (χ1) is 11.7. The van der Waals surface area contributed by atoms with Crippen LogP contribution in [0.25, 0.3) is 0 Å². The van der Waals surface area contributed by atoms with Crippen molar-refractivity contribution in [3.63, 3.8) is 0 Å². The Labute approximate surface area is 145 Å². The van der Waals surface area contributed by atoms with Crippen LogP contribution >= 0.6 is 11.6 Å². The molecule has 0 spiro atoms. The fourth-order valence-corrected chi connectivity index (χ4v) is 3.67. The van der Waals surface area contributed by atoms with Crippen molar-refractivity contribution < 1.29 is 4.79 Å². The average molecular weight is 346 g/mol. The molecule has 1 aromatic heterocycles. The van der Waals surface area contributed by atoms with E-state index in [0.717, 1.165) is 30.8 Å². The lowest BCUT2D eigenvalue weighted by molar-refractivity contribution is 0.162. The molecule has 6 nitrogen and oxygen atoms in total. The van der Waals surface area contributed by atoms with Crippen molar-refractivity contribution >= 4 is 17.6 Å². The number of carbonyl (C=O) groups excluding carboxylic acids is 1. The highest BCUT2D eigenvalue weighted by molar-refractivity contribution is 6.30. The van der Waals surface area contributed by atoms with Crippen LogP contribution in [0.4, 0.5) is 4.79 Å². The van der Waals surface area contributed by atoms with Crippen LogP contribution in [0.5, 0.6) is 0 Å². The SMILES string of the molecule is O=C(N[C@@H]1C[C@H]1c1cccc(Cl)c1)N1CCC[C@H](n2cncn2)C1. The van der Waals surface area contributed by atoms with E-state index in [1.807, 2.05) is 27.8 Å². The number of carbonyl (C=O) groups is 1. The summed E-state index contributed by atoms with van der Waals surface area (Å²) in [5.74, 6) is 0.378. The predicted molar refractivity (Wildman–Crippen MR) is 91.0 cm³/mol. The largest absolute Gasteiger partial charge is 0.335 e. The lowest BCUT2D eigenvalue weighted by atomic mass is 10.1. The van der Waals surface area contributed by atoms with Gasteiger partial charge in [0.05, 0.1) is 6.04 Å². The van der Waals surface area contributed by atoms with Crippen molar-refractivity contribution in [2.75, 3.05) is 13.1 Å². The first-order valence-corrected chi connectivity index (χ1v) is 8.73. The Hall–Kier alpha value is -2.08. The summed E-state index contributed by atoms with van der Waals surface area (Å²) in [5, 5.41) is 8.10. The van der Waals surface area contributed by atoms with E-state index in [4.69, 9.17) is 11.6 Å². The lowest BCUT2D eigenvalue weighted by Crippen LogP contribution is -2.46. The number of hydrogen-bond acceptors (Lipinski definition) is 3. The fourth-order valence-electron chi connectivity index (χ4n) is 3.47. The summed E-state index contributed by atoms with van der Waals surface area (Å²) >= 11 is 6.05. The van der Waals surface area contributed by atoms with E-state index in [1.165, 1.54) is 5.56 Å². The van der Waals surface area contributed by atoms with Crippen molar-refractivity contribution in [3.8, 4) is 0 Å². The van der Waals surface area contributed by atoms with Gasteiger partial charge in [0, 0.05) is 30.1 Å². The van der Waals surface area contributed by atoms with Gasteiger partial charge in [0.1, 0.15) is 12.7 Å². The number of rotatable bonds is 3. The maximum absolute atomic E-state index is 12.6. The van der Waals surface area contributed by atoms with E-state index < -0.39 is 0 Å². The quantitative estimate of drug-likeness (QED) is 0.930. The van der Waals surface area contributed by atoms with Gasteiger partial charge in [0.15, 0.2) is 0 Å². The van der Waals surface area contributed by atoms with Gasteiger partial charge in [-0.2, -0.15) is 5.10 Å². The highest BCUT2D eigenvalue weighted by Gasteiger charge is 2.40. The summed E-state index contributed by atoms with van der Waals surface area (Å²) in [7, 11) is 0. The van der Waals surface area contributed by atoms with Crippen LogP contribution in [0, 0.1) is 0 Å². The highest BCUT2D eigenvalue weighted by atomic mass is 35.5. The Morgan fingerprint density at radius 3 is 3.08 bits per heavy atom. The van der Waals surface area contributed by atoms with Gasteiger partial charge in [-0.3, -0.25) is 0 Å². The van der Waals surface area contributed by atoms with Crippen LogP contribution < -0.4 is 5.32 Å². The predicted octanol–water partition coefficient (Wildman–Crippen LogP) is 2.83. The minimum absolute atomic E-state index is 0.0225. The molecule has 0 bridgehead atoms. The molecule has 2 amide bonds. The number of halogens is 1. The third kappa shape index (κ3) is 3.24. The molecule has 7 heteroatoms. The van der Waals surface area contributed by atoms with Gasteiger partial charge in [-0.1, -0.05) is 23.7 Å². The van der Waals surface area contributed by atoms with Gasteiger partial charge in [-0.25, -0.2) is 14.5 Å². The second-order valence-electron chi connectivity index (χ2n) is 6.57. The van der Waals surface area contributed by atoms with Crippen LogP contribution in [0.2, 0.25) is 5.02 Å². The number of hydrogen-bond donors (Lipinski definition) is 1. The average Bonchev–Trinajstić information content (AvgIpc) is 3.14. The molecule has 2 heterocycles. The molecule has 2 aliphatic rings. The smallest absolute Gasteiger partial charge is 0.317 e. The second-order valence-corrected chi connectivity index (χ2v) is 7.01. The lowest BCUT2D eigenvalue weighted by Gasteiger charge is -2.32. The fraction of sp³-hybridized carbons (Fsp3) is 0.471. The molecule has 2 fully saturated rings. The maximum Gasteiger partial charge on any atom is 0.317 e. The summed E-state index contributed by atoms with van der Waals surface area (Å²) in [6.45, 7) is 1.48. The minimum Gasteiger partial charge on any atom is -0.335 e. The Kier molecular flexibility index (Phi) is 4.14. The highest BCUT2D eigenvalue weighted by Crippen LogP contribution is 2.41. The Balaban J connectivity index is 1.34. The number of urea groups is 1. The van der Waals surface area contributed by atoms with E-state index in [0.29, 0.717) is 12.5 Å². The molecule has 126 valence electrons. The summed E-state index contributed by atoms with van der Waals surface area (Å²) in [6.07, 6.45) is 6.26. The Morgan fingerprint density at radius 2 is 2.29 bits per heavy atom. The summed E-state index contributed by atoms with van der Waals surface area (Å²) < 4.78 is 1.85. The zero-order valence-electron chi connectivity index (χ0n) is 13.3.